The molecule has 25 heavy (non-hydrogen) atoms. The summed E-state index contributed by atoms with van der Waals surface area (Å²) in [6.45, 7) is 5.06. The second-order valence-corrected chi connectivity index (χ2v) is 7.55. The van der Waals surface area contributed by atoms with Gasteiger partial charge in [0, 0.05) is 54.4 Å². The first-order valence-electron chi connectivity index (χ1n) is 8.51. The summed E-state index contributed by atoms with van der Waals surface area (Å²) < 4.78 is 0. The van der Waals surface area contributed by atoms with E-state index in [1.54, 1.807) is 11.3 Å². The lowest BCUT2D eigenvalue weighted by Gasteiger charge is -2.35. The number of hydrogen-bond donors (Lipinski definition) is 0. The number of aromatic nitrogens is 1. The van der Waals surface area contributed by atoms with Crippen LogP contribution in [-0.2, 0) is 6.54 Å². The first-order chi connectivity index (χ1) is 12.3. The monoisotopic (exact) mass is 369 g/mol. The van der Waals surface area contributed by atoms with Gasteiger partial charge in [0.25, 0.3) is 0 Å². The SMILES string of the molecule is Clc1cccc(N2CCN(Cc3csc(-c4ccccc4)n3)CC2)c1. The van der Waals surface area contributed by atoms with Gasteiger partial charge in [-0.05, 0) is 18.2 Å². The summed E-state index contributed by atoms with van der Waals surface area (Å²) in [5.41, 5.74) is 3.58. The third kappa shape index (κ3) is 4.03. The van der Waals surface area contributed by atoms with Crippen molar-refractivity contribution >= 4 is 28.6 Å². The van der Waals surface area contributed by atoms with Gasteiger partial charge in [0.1, 0.15) is 5.01 Å². The van der Waals surface area contributed by atoms with Gasteiger partial charge in [-0.2, -0.15) is 0 Å². The normalized spacial score (nSPS) is 15.5. The van der Waals surface area contributed by atoms with Gasteiger partial charge in [-0.15, -0.1) is 11.3 Å². The second kappa shape index (κ2) is 7.56. The molecule has 3 nitrogen and oxygen atoms in total. The maximum Gasteiger partial charge on any atom is 0.123 e. The topological polar surface area (TPSA) is 19.4 Å². The summed E-state index contributed by atoms with van der Waals surface area (Å²) in [7, 11) is 0. The predicted molar refractivity (Wildman–Crippen MR) is 106 cm³/mol. The minimum atomic E-state index is 0.802. The van der Waals surface area contributed by atoms with E-state index in [4.69, 9.17) is 16.6 Å². The highest BCUT2D eigenvalue weighted by Crippen LogP contribution is 2.25. The Labute approximate surface area is 157 Å². The number of piperazine rings is 1. The number of nitrogens with zero attached hydrogens (tertiary/aromatic N) is 3. The van der Waals surface area contributed by atoms with Gasteiger partial charge in [0.05, 0.1) is 5.69 Å². The van der Waals surface area contributed by atoms with Crippen molar-refractivity contribution in [2.45, 2.75) is 6.54 Å². The number of hydrogen-bond acceptors (Lipinski definition) is 4. The van der Waals surface area contributed by atoms with E-state index < -0.39 is 0 Å². The molecule has 128 valence electrons. The van der Waals surface area contributed by atoms with Crippen LogP contribution in [0.25, 0.3) is 10.6 Å². The molecule has 0 N–H and O–H groups in total. The second-order valence-electron chi connectivity index (χ2n) is 6.25. The van der Waals surface area contributed by atoms with Gasteiger partial charge < -0.3 is 4.90 Å². The fourth-order valence-corrected chi connectivity index (χ4v) is 4.16. The summed E-state index contributed by atoms with van der Waals surface area (Å²) in [5.74, 6) is 0. The van der Waals surface area contributed by atoms with Gasteiger partial charge in [0.2, 0.25) is 0 Å². The maximum atomic E-state index is 6.11. The third-order valence-corrected chi connectivity index (χ3v) is 5.68. The van der Waals surface area contributed by atoms with Crippen LogP contribution in [0.15, 0.2) is 60.0 Å². The molecule has 0 spiro atoms. The van der Waals surface area contributed by atoms with Crippen molar-refractivity contribution in [3.63, 3.8) is 0 Å². The van der Waals surface area contributed by atoms with Crippen molar-refractivity contribution < 1.29 is 0 Å². The summed E-state index contributed by atoms with van der Waals surface area (Å²) in [6.07, 6.45) is 0. The Kier molecular flexibility index (Phi) is 5.02. The molecule has 1 fully saturated rings. The zero-order valence-electron chi connectivity index (χ0n) is 13.9. The van der Waals surface area contributed by atoms with E-state index in [0.717, 1.165) is 42.8 Å². The Balaban J connectivity index is 1.35. The standard InChI is InChI=1S/C20H20ClN3S/c21-17-7-4-8-19(13-17)24-11-9-23(10-12-24)14-18-15-25-20(22-18)16-5-2-1-3-6-16/h1-8,13,15H,9-12,14H2. The van der Waals surface area contributed by atoms with E-state index in [2.05, 4.69) is 45.5 Å². The molecule has 2 heterocycles. The molecule has 1 aliphatic rings. The highest BCUT2D eigenvalue weighted by molar-refractivity contribution is 7.13. The molecule has 0 amide bonds. The fourth-order valence-electron chi connectivity index (χ4n) is 3.16. The van der Waals surface area contributed by atoms with E-state index >= 15 is 0 Å². The zero-order valence-corrected chi connectivity index (χ0v) is 15.5. The molecule has 2 aromatic carbocycles. The van der Waals surface area contributed by atoms with Crippen molar-refractivity contribution in [1.29, 1.82) is 0 Å². The van der Waals surface area contributed by atoms with E-state index in [1.807, 2.05) is 24.3 Å². The summed E-state index contributed by atoms with van der Waals surface area (Å²) in [5, 5.41) is 4.09. The summed E-state index contributed by atoms with van der Waals surface area (Å²) >= 11 is 7.84. The molecular weight excluding hydrogens is 350 g/mol. The fraction of sp³-hybridized carbons (Fsp3) is 0.250. The van der Waals surface area contributed by atoms with Crippen LogP contribution in [0.1, 0.15) is 5.69 Å². The van der Waals surface area contributed by atoms with Gasteiger partial charge in [0.15, 0.2) is 0 Å². The van der Waals surface area contributed by atoms with Crippen LogP contribution in [0.3, 0.4) is 0 Å². The quantitative estimate of drug-likeness (QED) is 0.659. The molecule has 0 radical (unpaired) electrons. The Morgan fingerprint density at radius 3 is 2.52 bits per heavy atom. The van der Waals surface area contributed by atoms with Crippen LogP contribution in [0, 0.1) is 0 Å². The van der Waals surface area contributed by atoms with Crippen LogP contribution < -0.4 is 4.90 Å². The molecule has 0 atom stereocenters. The molecule has 1 aliphatic heterocycles. The maximum absolute atomic E-state index is 6.11. The van der Waals surface area contributed by atoms with Gasteiger partial charge in [-0.1, -0.05) is 48.0 Å². The van der Waals surface area contributed by atoms with E-state index in [1.165, 1.54) is 16.9 Å². The predicted octanol–water partition coefficient (Wildman–Crippen LogP) is 4.79. The van der Waals surface area contributed by atoms with Crippen molar-refractivity contribution in [2.24, 2.45) is 0 Å². The third-order valence-electron chi connectivity index (χ3n) is 4.50. The Morgan fingerprint density at radius 2 is 1.76 bits per heavy atom. The van der Waals surface area contributed by atoms with Gasteiger partial charge in [-0.25, -0.2) is 4.98 Å². The molecule has 4 rings (SSSR count). The number of benzene rings is 2. The first-order valence-corrected chi connectivity index (χ1v) is 9.76. The molecule has 0 aliphatic carbocycles. The lowest BCUT2D eigenvalue weighted by Crippen LogP contribution is -2.46. The smallest absolute Gasteiger partial charge is 0.123 e. The lowest BCUT2D eigenvalue weighted by atomic mass is 10.2. The number of thiazole rings is 1. The van der Waals surface area contributed by atoms with Crippen LogP contribution in [0.4, 0.5) is 5.69 Å². The zero-order chi connectivity index (χ0) is 17.1. The molecule has 0 bridgehead atoms. The number of halogens is 1. The van der Waals surface area contributed by atoms with Crippen LogP contribution >= 0.6 is 22.9 Å². The Morgan fingerprint density at radius 1 is 0.960 bits per heavy atom. The van der Waals surface area contributed by atoms with Gasteiger partial charge >= 0.3 is 0 Å². The minimum absolute atomic E-state index is 0.802. The van der Waals surface area contributed by atoms with Crippen LogP contribution in [-0.4, -0.2) is 36.1 Å². The Bertz CT molecular complexity index is 826. The molecule has 3 aromatic rings. The van der Waals surface area contributed by atoms with E-state index in [-0.39, 0.29) is 0 Å². The van der Waals surface area contributed by atoms with Crippen molar-refractivity contribution in [3.05, 3.63) is 70.7 Å². The van der Waals surface area contributed by atoms with Crippen LogP contribution in [0.2, 0.25) is 5.02 Å². The molecule has 0 unspecified atom stereocenters. The lowest BCUT2D eigenvalue weighted by molar-refractivity contribution is 0.247. The first kappa shape index (κ1) is 16.6. The van der Waals surface area contributed by atoms with Crippen molar-refractivity contribution in [1.82, 2.24) is 9.88 Å². The van der Waals surface area contributed by atoms with Crippen molar-refractivity contribution in [3.8, 4) is 10.6 Å². The highest BCUT2D eigenvalue weighted by Gasteiger charge is 2.18. The Hall–Kier alpha value is -1.88. The number of anilines is 1. The van der Waals surface area contributed by atoms with Crippen molar-refractivity contribution in [2.75, 3.05) is 31.1 Å². The average Bonchev–Trinajstić information content (AvgIpc) is 3.12. The summed E-state index contributed by atoms with van der Waals surface area (Å²) in [4.78, 5) is 9.69. The van der Waals surface area contributed by atoms with E-state index in [9.17, 15) is 0 Å². The molecule has 0 saturated carbocycles. The molecule has 1 aromatic heterocycles. The van der Waals surface area contributed by atoms with Gasteiger partial charge in [-0.3, -0.25) is 4.90 Å². The molecule has 5 heteroatoms. The average molecular weight is 370 g/mol. The highest BCUT2D eigenvalue weighted by atomic mass is 35.5. The van der Waals surface area contributed by atoms with Crippen LogP contribution in [0.5, 0.6) is 0 Å². The molecular formula is C20H20ClN3S. The molecule has 1 saturated heterocycles. The largest absolute Gasteiger partial charge is 0.369 e. The minimum Gasteiger partial charge on any atom is -0.369 e. The van der Waals surface area contributed by atoms with E-state index in [0.29, 0.717) is 0 Å². The summed E-state index contributed by atoms with van der Waals surface area (Å²) in [6, 6.07) is 18.5. The number of rotatable bonds is 4.